The third kappa shape index (κ3) is 3.29. The Bertz CT molecular complexity index is 598. The third-order valence-electron chi connectivity index (χ3n) is 2.56. The van der Waals surface area contributed by atoms with Gasteiger partial charge < -0.3 is 4.74 Å². The van der Waals surface area contributed by atoms with Crippen LogP contribution in [-0.2, 0) is 6.42 Å². The Balaban J connectivity index is 2.46. The number of alkyl halides is 3. The number of pyridine rings is 1. The highest BCUT2D eigenvalue weighted by molar-refractivity contribution is 6.35. The molecule has 2 nitrogen and oxygen atoms in total. The lowest BCUT2D eigenvalue weighted by molar-refractivity contribution is -0.153. The predicted octanol–water partition coefficient (Wildman–Crippen LogP) is 4.39. The van der Waals surface area contributed by atoms with Crippen molar-refractivity contribution in [1.82, 2.24) is 4.98 Å². The van der Waals surface area contributed by atoms with Crippen molar-refractivity contribution in [2.45, 2.75) is 19.5 Å². The van der Waals surface area contributed by atoms with Gasteiger partial charge in [-0.05, 0) is 18.6 Å². The number of halogens is 4. The molecular formula is C13H11ClF3NO. The van der Waals surface area contributed by atoms with Gasteiger partial charge in [0.05, 0.1) is 5.02 Å². The summed E-state index contributed by atoms with van der Waals surface area (Å²) in [6, 6.07) is 6.45. The highest BCUT2D eigenvalue weighted by Gasteiger charge is 2.28. The van der Waals surface area contributed by atoms with Crippen LogP contribution in [0.3, 0.4) is 0 Å². The SMILES string of the molecule is CCc1cc(Cl)c2cccc(OCC(F)(F)F)c2n1. The zero-order chi connectivity index (χ0) is 14.0. The minimum atomic E-state index is -4.38. The average Bonchev–Trinajstić information content (AvgIpc) is 2.35. The molecule has 0 aliphatic heterocycles. The Kier molecular flexibility index (Phi) is 3.85. The Labute approximate surface area is 113 Å². The van der Waals surface area contributed by atoms with E-state index in [2.05, 4.69) is 4.98 Å². The van der Waals surface area contributed by atoms with Crippen molar-refractivity contribution in [2.75, 3.05) is 6.61 Å². The van der Waals surface area contributed by atoms with Crippen LogP contribution in [0.1, 0.15) is 12.6 Å². The average molecular weight is 290 g/mol. The molecule has 0 saturated heterocycles. The molecule has 1 aromatic carbocycles. The van der Waals surface area contributed by atoms with Gasteiger partial charge in [-0.3, -0.25) is 0 Å². The molecule has 2 rings (SSSR count). The molecule has 6 heteroatoms. The Morgan fingerprint density at radius 2 is 2.05 bits per heavy atom. The summed E-state index contributed by atoms with van der Waals surface area (Å²) in [5.74, 6) is 0.0898. The minimum absolute atomic E-state index is 0.0898. The van der Waals surface area contributed by atoms with Crippen molar-refractivity contribution in [3.8, 4) is 5.75 Å². The fourth-order valence-corrected chi connectivity index (χ4v) is 1.97. The molecule has 0 unspecified atom stereocenters. The molecule has 0 aliphatic rings. The molecule has 0 N–H and O–H groups in total. The monoisotopic (exact) mass is 289 g/mol. The number of hydrogen-bond acceptors (Lipinski definition) is 2. The largest absolute Gasteiger partial charge is 0.482 e. The predicted molar refractivity (Wildman–Crippen MR) is 67.7 cm³/mol. The van der Waals surface area contributed by atoms with E-state index in [1.807, 2.05) is 6.92 Å². The highest BCUT2D eigenvalue weighted by atomic mass is 35.5. The van der Waals surface area contributed by atoms with Crippen molar-refractivity contribution in [3.63, 3.8) is 0 Å². The molecule has 1 aromatic heterocycles. The molecular weight excluding hydrogens is 279 g/mol. The van der Waals surface area contributed by atoms with Gasteiger partial charge in [-0.25, -0.2) is 4.98 Å². The highest BCUT2D eigenvalue weighted by Crippen LogP contribution is 2.31. The molecule has 1 heterocycles. The van der Waals surface area contributed by atoms with Crippen LogP contribution < -0.4 is 4.74 Å². The molecule has 0 spiro atoms. The summed E-state index contributed by atoms with van der Waals surface area (Å²) in [6.07, 6.45) is -3.74. The lowest BCUT2D eigenvalue weighted by atomic mass is 10.1. The van der Waals surface area contributed by atoms with Gasteiger partial charge >= 0.3 is 6.18 Å². The summed E-state index contributed by atoms with van der Waals surface area (Å²) < 4.78 is 41.4. The standard InChI is InChI=1S/C13H11ClF3NO/c1-2-8-6-10(14)9-4-3-5-11(12(9)18-8)19-7-13(15,16)17/h3-6H,2,7H2,1H3. The molecule has 102 valence electrons. The Morgan fingerprint density at radius 1 is 1.32 bits per heavy atom. The maximum absolute atomic E-state index is 12.2. The van der Waals surface area contributed by atoms with Crippen molar-refractivity contribution >= 4 is 22.5 Å². The minimum Gasteiger partial charge on any atom is -0.482 e. The van der Waals surface area contributed by atoms with E-state index in [1.54, 1.807) is 18.2 Å². The van der Waals surface area contributed by atoms with Gasteiger partial charge in [0.2, 0.25) is 0 Å². The quantitative estimate of drug-likeness (QED) is 0.836. The van der Waals surface area contributed by atoms with Crippen LogP contribution in [-0.4, -0.2) is 17.8 Å². The van der Waals surface area contributed by atoms with E-state index >= 15 is 0 Å². The summed E-state index contributed by atoms with van der Waals surface area (Å²) in [6.45, 7) is 0.547. The van der Waals surface area contributed by atoms with Gasteiger partial charge in [-0.2, -0.15) is 13.2 Å². The van der Waals surface area contributed by atoms with Crippen LogP contribution in [0.5, 0.6) is 5.75 Å². The van der Waals surface area contributed by atoms with E-state index in [1.165, 1.54) is 6.07 Å². The molecule has 2 aromatic rings. The number of ether oxygens (including phenoxy) is 1. The maximum Gasteiger partial charge on any atom is 0.422 e. The number of aromatic nitrogens is 1. The first-order valence-electron chi connectivity index (χ1n) is 5.68. The first-order chi connectivity index (χ1) is 8.90. The molecule has 0 amide bonds. The van der Waals surface area contributed by atoms with Crippen LogP contribution in [0.25, 0.3) is 10.9 Å². The van der Waals surface area contributed by atoms with Gasteiger partial charge in [-0.15, -0.1) is 0 Å². The van der Waals surface area contributed by atoms with E-state index in [9.17, 15) is 13.2 Å². The van der Waals surface area contributed by atoms with Crippen molar-refractivity contribution in [3.05, 3.63) is 35.0 Å². The van der Waals surface area contributed by atoms with E-state index in [0.717, 1.165) is 0 Å². The third-order valence-corrected chi connectivity index (χ3v) is 2.87. The second kappa shape index (κ2) is 5.25. The molecule has 0 radical (unpaired) electrons. The van der Waals surface area contributed by atoms with Gasteiger partial charge in [0.25, 0.3) is 0 Å². The second-order valence-corrected chi connectivity index (χ2v) is 4.41. The Hall–Kier alpha value is -1.49. The van der Waals surface area contributed by atoms with Crippen molar-refractivity contribution in [2.24, 2.45) is 0 Å². The van der Waals surface area contributed by atoms with E-state index in [-0.39, 0.29) is 5.75 Å². The zero-order valence-electron chi connectivity index (χ0n) is 10.1. The van der Waals surface area contributed by atoms with Crippen LogP contribution >= 0.6 is 11.6 Å². The van der Waals surface area contributed by atoms with E-state index in [4.69, 9.17) is 16.3 Å². The normalized spacial score (nSPS) is 11.8. The summed E-state index contributed by atoms with van der Waals surface area (Å²) in [7, 11) is 0. The van der Waals surface area contributed by atoms with Crippen LogP contribution in [0.15, 0.2) is 24.3 Å². The van der Waals surface area contributed by atoms with Gasteiger partial charge in [-0.1, -0.05) is 30.7 Å². The molecule has 0 bridgehead atoms. The van der Waals surface area contributed by atoms with Gasteiger partial charge in [0.1, 0.15) is 11.3 Å². The smallest absolute Gasteiger partial charge is 0.422 e. The number of hydrogen-bond donors (Lipinski definition) is 0. The molecule has 0 fully saturated rings. The van der Waals surface area contributed by atoms with Crippen LogP contribution in [0.4, 0.5) is 13.2 Å². The number of fused-ring (bicyclic) bond motifs is 1. The summed E-state index contributed by atoms with van der Waals surface area (Å²) in [5, 5.41) is 1.04. The summed E-state index contributed by atoms with van der Waals surface area (Å²) in [5.41, 5.74) is 1.07. The topological polar surface area (TPSA) is 22.1 Å². The fourth-order valence-electron chi connectivity index (χ4n) is 1.69. The number of aryl methyl sites for hydroxylation is 1. The van der Waals surface area contributed by atoms with E-state index < -0.39 is 12.8 Å². The fraction of sp³-hybridized carbons (Fsp3) is 0.308. The van der Waals surface area contributed by atoms with Crippen molar-refractivity contribution in [1.29, 1.82) is 0 Å². The van der Waals surface area contributed by atoms with Crippen molar-refractivity contribution < 1.29 is 17.9 Å². The zero-order valence-corrected chi connectivity index (χ0v) is 10.8. The first kappa shape index (κ1) is 13.9. The van der Waals surface area contributed by atoms with Gasteiger partial charge in [0.15, 0.2) is 6.61 Å². The maximum atomic E-state index is 12.2. The number of benzene rings is 1. The van der Waals surface area contributed by atoms with Crippen LogP contribution in [0.2, 0.25) is 5.02 Å². The molecule has 0 atom stereocenters. The van der Waals surface area contributed by atoms with E-state index in [0.29, 0.717) is 28.0 Å². The first-order valence-corrected chi connectivity index (χ1v) is 6.06. The van der Waals surface area contributed by atoms with Crippen LogP contribution in [0, 0.1) is 0 Å². The lowest BCUT2D eigenvalue weighted by Gasteiger charge is -2.12. The second-order valence-electron chi connectivity index (χ2n) is 4.01. The molecule has 0 aliphatic carbocycles. The Morgan fingerprint density at radius 3 is 2.68 bits per heavy atom. The lowest BCUT2D eigenvalue weighted by Crippen LogP contribution is -2.19. The molecule has 19 heavy (non-hydrogen) atoms. The van der Waals surface area contributed by atoms with Gasteiger partial charge in [0, 0.05) is 11.1 Å². The number of rotatable bonds is 3. The summed E-state index contributed by atoms with van der Waals surface area (Å²) in [4.78, 5) is 4.28. The number of nitrogens with zero attached hydrogens (tertiary/aromatic N) is 1. The number of para-hydroxylation sites is 1. The summed E-state index contributed by atoms with van der Waals surface area (Å²) >= 11 is 6.09. The molecule has 0 saturated carbocycles.